The monoisotopic (exact) mass is 285 g/mol. The van der Waals surface area contributed by atoms with Gasteiger partial charge in [-0.15, -0.1) is 0 Å². The molecule has 1 aromatic carbocycles. The van der Waals surface area contributed by atoms with E-state index in [0.29, 0.717) is 25.1 Å². The van der Waals surface area contributed by atoms with Crippen molar-refractivity contribution in [3.05, 3.63) is 24.3 Å². The van der Waals surface area contributed by atoms with Crippen molar-refractivity contribution < 1.29 is 18.3 Å². The number of carboxylic acids is 1. The van der Waals surface area contributed by atoms with Crippen molar-refractivity contribution in [3.8, 4) is 0 Å². The molecule has 0 aliphatic heterocycles. The lowest BCUT2D eigenvalue weighted by Crippen LogP contribution is -2.11. The van der Waals surface area contributed by atoms with Crippen LogP contribution in [0, 0.1) is 0 Å². The lowest BCUT2D eigenvalue weighted by Gasteiger charge is -2.11. The third kappa shape index (κ3) is 4.90. The van der Waals surface area contributed by atoms with Crippen LogP contribution >= 0.6 is 0 Å². The third-order valence-corrected chi connectivity index (χ3v) is 4.55. The Balaban J connectivity index is 2.76. The number of sulfone groups is 1. The minimum absolute atomic E-state index is 0.0663. The zero-order valence-corrected chi connectivity index (χ0v) is 11.7. The summed E-state index contributed by atoms with van der Waals surface area (Å²) >= 11 is 0. The molecule has 1 rings (SSSR count). The largest absolute Gasteiger partial charge is 0.481 e. The number of aliphatic carboxylic acids is 1. The van der Waals surface area contributed by atoms with E-state index in [1.807, 2.05) is 6.92 Å². The number of carboxylic acid groups (broad SMARTS) is 1. The lowest BCUT2D eigenvalue weighted by molar-refractivity contribution is -0.137. The number of hydrogen-bond acceptors (Lipinski definition) is 4. The zero-order chi connectivity index (χ0) is 14.3. The Hall–Kier alpha value is -1.56. The second-order valence-electron chi connectivity index (χ2n) is 4.24. The van der Waals surface area contributed by atoms with Crippen molar-refractivity contribution in [1.82, 2.24) is 0 Å². The molecule has 6 heteroatoms. The van der Waals surface area contributed by atoms with Crippen molar-refractivity contribution in [2.75, 3.05) is 17.6 Å². The molecule has 2 N–H and O–H groups in total. The summed E-state index contributed by atoms with van der Waals surface area (Å²) in [6, 6.07) is 6.71. The van der Waals surface area contributed by atoms with E-state index in [-0.39, 0.29) is 17.1 Å². The smallest absolute Gasteiger partial charge is 0.303 e. The quantitative estimate of drug-likeness (QED) is 0.715. The fraction of sp³-hybridized carbons (Fsp3) is 0.462. The van der Waals surface area contributed by atoms with E-state index in [2.05, 4.69) is 5.32 Å². The molecule has 1 aromatic rings. The van der Waals surface area contributed by atoms with E-state index in [9.17, 15) is 13.2 Å². The minimum atomic E-state index is -3.27. The molecule has 0 saturated carbocycles. The number of anilines is 1. The Labute approximate surface area is 113 Å². The summed E-state index contributed by atoms with van der Waals surface area (Å²) in [5.74, 6) is -0.741. The van der Waals surface area contributed by atoms with Gasteiger partial charge < -0.3 is 10.4 Å². The summed E-state index contributed by atoms with van der Waals surface area (Å²) in [6.45, 7) is 2.26. The Morgan fingerprint density at radius 3 is 2.63 bits per heavy atom. The normalized spacial score (nSPS) is 11.2. The highest BCUT2D eigenvalue weighted by atomic mass is 32.2. The van der Waals surface area contributed by atoms with Gasteiger partial charge >= 0.3 is 5.97 Å². The predicted molar refractivity (Wildman–Crippen MR) is 74.1 cm³/mol. The van der Waals surface area contributed by atoms with Crippen LogP contribution < -0.4 is 5.32 Å². The van der Waals surface area contributed by atoms with Gasteiger partial charge in [-0.25, -0.2) is 8.42 Å². The first kappa shape index (κ1) is 15.5. The molecule has 19 heavy (non-hydrogen) atoms. The van der Waals surface area contributed by atoms with Crippen molar-refractivity contribution in [2.45, 2.75) is 31.1 Å². The van der Waals surface area contributed by atoms with Crippen molar-refractivity contribution >= 4 is 21.5 Å². The van der Waals surface area contributed by atoms with Gasteiger partial charge in [0.15, 0.2) is 9.84 Å². The summed E-state index contributed by atoms with van der Waals surface area (Å²) < 4.78 is 24.1. The molecular weight excluding hydrogens is 266 g/mol. The summed E-state index contributed by atoms with van der Waals surface area (Å²) in [5.41, 5.74) is 0.543. The highest BCUT2D eigenvalue weighted by molar-refractivity contribution is 7.91. The molecule has 0 unspecified atom stereocenters. The number of para-hydroxylation sites is 1. The van der Waals surface area contributed by atoms with Crippen LogP contribution in [0.3, 0.4) is 0 Å². The number of hydrogen-bond donors (Lipinski definition) is 2. The van der Waals surface area contributed by atoms with Crippen molar-refractivity contribution in [2.24, 2.45) is 0 Å². The SMILES string of the molecule is CCCS(=O)(=O)c1ccccc1NCCCC(=O)O. The van der Waals surface area contributed by atoms with E-state index >= 15 is 0 Å². The van der Waals surface area contributed by atoms with Crippen LogP contribution in [-0.4, -0.2) is 31.8 Å². The predicted octanol–water partition coefficient (Wildman–Crippen LogP) is 2.15. The van der Waals surface area contributed by atoms with E-state index in [1.165, 1.54) is 0 Å². The van der Waals surface area contributed by atoms with E-state index < -0.39 is 15.8 Å². The first-order chi connectivity index (χ1) is 8.97. The number of benzene rings is 1. The molecule has 106 valence electrons. The molecule has 0 atom stereocenters. The van der Waals surface area contributed by atoms with Crippen LogP contribution in [0.2, 0.25) is 0 Å². The molecule has 5 nitrogen and oxygen atoms in total. The topological polar surface area (TPSA) is 83.5 Å². The fourth-order valence-electron chi connectivity index (χ4n) is 1.73. The van der Waals surface area contributed by atoms with Gasteiger partial charge in [0.25, 0.3) is 0 Å². The lowest BCUT2D eigenvalue weighted by atomic mass is 10.3. The number of rotatable bonds is 8. The highest BCUT2D eigenvalue weighted by Gasteiger charge is 2.16. The summed E-state index contributed by atoms with van der Waals surface area (Å²) in [7, 11) is -3.27. The molecular formula is C13H19NO4S. The second kappa shape index (κ2) is 7.13. The Kier molecular flexibility index (Phi) is 5.82. The van der Waals surface area contributed by atoms with E-state index in [0.717, 1.165) is 0 Å². The number of nitrogens with one attached hydrogen (secondary N) is 1. The van der Waals surface area contributed by atoms with Gasteiger partial charge in [0.2, 0.25) is 0 Å². The molecule has 0 aliphatic carbocycles. The van der Waals surface area contributed by atoms with Crippen LogP contribution in [0.4, 0.5) is 5.69 Å². The Morgan fingerprint density at radius 2 is 2.00 bits per heavy atom. The van der Waals surface area contributed by atoms with Gasteiger partial charge in [-0.3, -0.25) is 4.79 Å². The van der Waals surface area contributed by atoms with Crippen LogP contribution in [0.5, 0.6) is 0 Å². The van der Waals surface area contributed by atoms with E-state index in [1.54, 1.807) is 24.3 Å². The van der Waals surface area contributed by atoms with Crippen LogP contribution in [-0.2, 0) is 14.6 Å². The highest BCUT2D eigenvalue weighted by Crippen LogP contribution is 2.22. The van der Waals surface area contributed by atoms with Crippen molar-refractivity contribution in [1.29, 1.82) is 0 Å². The maximum atomic E-state index is 12.1. The van der Waals surface area contributed by atoms with Gasteiger partial charge in [0.05, 0.1) is 16.3 Å². The maximum absolute atomic E-state index is 12.1. The third-order valence-electron chi connectivity index (χ3n) is 2.58. The average Bonchev–Trinajstić information content (AvgIpc) is 2.35. The maximum Gasteiger partial charge on any atom is 0.303 e. The minimum Gasteiger partial charge on any atom is -0.481 e. The summed E-state index contributed by atoms with van der Waals surface area (Å²) in [4.78, 5) is 10.7. The first-order valence-corrected chi connectivity index (χ1v) is 7.90. The van der Waals surface area contributed by atoms with E-state index in [4.69, 9.17) is 5.11 Å². The van der Waals surface area contributed by atoms with Gasteiger partial charge in [0.1, 0.15) is 0 Å². The average molecular weight is 285 g/mol. The van der Waals surface area contributed by atoms with Gasteiger partial charge in [-0.05, 0) is 25.0 Å². The first-order valence-electron chi connectivity index (χ1n) is 6.25. The molecule has 0 aromatic heterocycles. The van der Waals surface area contributed by atoms with Crippen LogP contribution in [0.25, 0.3) is 0 Å². The number of carbonyl (C=O) groups is 1. The molecule has 0 bridgehead atoms. The van der Waals surface area contributed by atoms with Crippen LogP contribution in [0.1, 0.15) is 26.2 Å². The standard InChI is InChI=1S/C13H19NO4S/c1-2-10-19(17,18)12-7-4-3-6-11(12)14-9-5-8-13(15)16/h3-4,6-7,14H,2,5,8-10H2,1H3,(H,15,16). The molecule has 0 amide bonds. The van der Waals surface area contributed by atoms with Gasteiger partial charge in [-0.2, -0.15) is 0 Å². The summed E-state index contributed by atoms with van der Waals surface area (Å²) in [5, 5.41) is 11.5. The molecule has 0 fully saturated rings. The molecule has 0 aliphatic rings. The van der Waals surface area contributed by atoms with Crippen molar-refractivity contribution in [3.63, 3.8) is 0 Å². The molecule has 0 saturated heterocycles. The second-order valence-corrected chi connectivity index (χ2v) is 6.32. The van der Waals surface area contributed by atoms with Crippen LogP contribution in [0.15, 0.2) is 29.2 Å². The van der Waals surface area contributed by atoms with Gasteiger partial charge in [-0.1, -0.05) is 19.1 Å². The Bertz CT molecular complexity index is 525. The zero-order valence-electron chi connectivity index (χ0n) is 10.9. The Morgan fingerprint density at radius 1 is 1.32 bits per heavy atom. The molecule has 0 radical (unpaired) electrons. The molecule has 0 heterocycles. The van der Waals surface area contributed by atoms with Gasteiger partial charge in [0, 0.05) is 13.0 Å². The molecule has 0 spiro atoms. The fourth-order valence-corrected chi connectivity index (χ4v) is 3.24. The summed E-state index contributed by atoms with van der Waals surface area (Å²) in [6.07, 6.45) is 1.09.